The molecule has 29 nitrogen and oxygen atoms in total. The Kier molecular flexibility index (Phi) is 26.5. The number of nitrogens with zero attached hydrogens (tertiary/aromatic N) is 1. The zero-order valence-corrected chi connectivity index (χ0v) is 45.4. The molecule has 0 spiro atoms. The van der Waals surface area contributed by atoms with Crippen molar-refractivity contribution in [3.05, 3.63) is 90.1 Å². The highest BCUT2D eigenvalue weighted by Crippen LogP contribution is 2.19. The molecule has 29 heteroatoms. The topological polar surface area (TPSA) is 487 Å². The highest BCUT2D eigenvalue weighted by Gasteiger charge is 2.36. The zero-order chi connectivity index (χ0) is 60.5. The number of carbonyl (C=O) groups is 11. The van der Waals surface area contributed by atoms with Gasteiger partial charge in [0.2, 0.25) is 53.2 Å². The number of aliphatic hydroxyl groups is 2. The number of benzene rings is 2. The number of carbonyl (C=O) groups excluding carboxylic acids is 9. The number of H-pyrrole nitrogens is 2. The zero-order valence-electron chi connectivity index (χ0n) is 45.4. The van der Waals surface area contributed by atoms with Gasteiger partial charge >= 0.3 is 11.9 Å². The number of carboxylic acids is 2. The summed E-state index contributed by atoms with van der Waals surface area (Å²) in [6, 6.07) is 1.63. The van der Waals surface area contributed by atoms with Gasteiger partial charge in [-0.2, -0.15) is 0 Å². The molecule has 0 saturated carbocycles. The SMILES string of the molecule is CC(C)[C@H](NC(=O)[C@H](Cc1cnc[nH]1)NC(=O)[C@H](CCC(=O)O)NC(=O)[C@@H](N)CCC(N)=O)C(=O)N[C@@H](CCCCN)C(=O)N[C@@H](CO)C(=O)N[C@@H](Cc1ccccc1)C(=O)N[C@@H](CO)C(=O)N[C@@H](Cc1c[nH]c2ccccc12)C(=O)O. The number of para-hydroxylation sites is 1. The summed E-state index contributed by atoms with van der Waals surface area (Å²) < 4.78 is 0. The number of aliphatic hydroxyl groups excluding tert-OH is 2. The van der Waals surface area contributed by atoms with Gasteiger partial charge in [0.15, 0.2) is 0 Å². The maximum absolute atomic E-state index is 14.2. The van der Waals surface area contributed by atoms with Crippen molar-refractivity contribution in [2.45, 2.75) is 132 Å². The van der Waals surface area contributed by atoms with E-state index < -0.39 is 151 Å². The van der Waals surface area contributed by atoms with Gasteiger partial charge in [0.25, 0.3) is 0 Å². The molecule has 2 aromatic carbocycles. The van der Waals surface area contributed by atoms with Crippen LogP contribution in [0.2, 0.25) is 0 Å². The third-order valence-electron chi connectivity index (χ3n) is 13.0. The fourth-order valence-electron chi connectivity index (χ4n) is 8.41. The van der Waals surface area contributed by atoms with Crippen LogP contribution in [0.15, 0.2) is 73.3 Å². The molecule has 0 aliphatic rings. The molecule has 0 aliphatic carbocycles. The number of hydrogen-bond acceptors (Lipinski definition) is 16. The van der Waals surface area contributed by atoms with Gasteiger partial charge in [0, 0.05) is 61.1 Å². The molecule has 0 bridgehead atoms. The van der Waals surface area contributed by atoms with Crippen molar-refractivity contribution in [1.82, 2.24) is 57.5 Å². The molecule has 4 aromatic rings. The predicted molar refractivity (Wildman–Crippen MR) is 293 cm³/mol. The lowest BCUT2D eigenvalue weighted by Gasteiger charge is -2.29. The first-order valence-corrected chi connectivity index (χ1v) is 26.4. The largest absolute Gasteiger partial charge is 0.481 e. The number of fused-ring (bicyclic) bond motifs is 1. The fourth-order valence-corrected chi connectivity index (χ4v) is 8.41. The Morgan fingerprint density at radius 3 is 1.65 bits per heavy atom. The Hall–Kier alpha value is -8.80. The normalized spacial score (nSPS) is 14.5. The van der Waals surface area contributed by atoms with E-state index >= 15 is 0 Å². The van der Waals surface area contributed by atoms with Crippen molar-refractivity contribution < 1.29 is 73.2 Å². The second-order valence-corrected chi connectivity index (χ2v) is 19.7. The quantitative estimate of drug-likeness (QED) is 0.0194. The van der Waals surface area contributed by atoms with Gasteiger partial charge in [-0.25, -0.2) is 9.78 Å². The van der Waals surface area contributed by atoms with Crippen LogP contribution in [0.4, 0.5) is 0 Å². The van der Waals surface area contributed by atoms with Crippen LogP contribution in [-0.4, -0.2) is 175 Å². The van der Waals surface area contributed by atoms with Crippen LogP contribution in [0.25, 0.3) is 10.9 Å². The molecule has 446 valence electrons. The molecular weight excluding hydrogens is 1070 g/mol. The number of amides is 9. The van der Waals surface area contributed by atoms with E-state index in [0.29, 0.717) is 23.2 Å². The smallest absolute Gasteiger partial charge is 0.326 e. The van der Waals surface area contributed by atoms with E-state index in [1.165, 1.54) is 12.5 Å². The summed E-state index contributed by atoms with van der Waals surface area (Å²) in [6.45, 7) is 1.30. The van der Waals surface area contributed by atoms with Gasteiger partial charge in [-0.3, -0.25) is 47.9 Å². The number of rotatable bonds is 36. The summed E-state index contributed by atoms with van der Waals surface area (Å²) in [6.07, 6.45) is 2.68. The van der Waals surface area contributed by atoms with Gasteiger partial charge in [0.1, 0.15) is 48.3 Å². The van der Waals surface area contributed by atoms with Crippen molar-refractivity contribution in [2.24, 2.45) is 23.1 Å². The number of primary amides is 1. The molecule has 9 amide bonds. The lowest BCUT2D eigenvalue weighted by Crippen LogP contribution is -2.62. The van der Waals surface area contributed by atoms with E-state index in [2.05, 4.69) is 57.5 Å². The van der Waals surface area contributed by atoms with Gasteiger partial charge in [-0.1, -0.05) is 62.4 Å². The Labute approximate surface area is 470 Å². The average Bonchev–Trinajstić information content (AvgIpc) is 4.17. The molecule has 20 N–H and O–H groups in total. The molecule has 4 rings (SSSR count). The Morgan fingerprint density at radius 2 is 1.09 bits per heavy atom. The second-order valence-electron chi connectivity index (χ2n) is 19.7. The van der Waals surface area contributed by atoms with Crippen LogP contribution in [0, 0.1) is 5.92 Å². The highest BCUT2D eigenvalue weighted by atomic mass is 16.4. The lowest BCUT2D eigenvalue weighted by atomic mass is 10.0. The molecule has 2 heterocycles. The van der Waals surface area contributed by atoms with E-state index in [9.17, 15) is 73.2 Å². The molecular formula is C53H74N14O15. The third-order valence-corrected chi connectivity index (χ3v) is 13.0. The van der Waals surface area contributed by atoms with Gasteiger partial charge in [0.05, 0.1) is 25.6 Å². The molecule has 2 aromatic heterocycles. The Bertz CT molecular complexity index is 2810. The van der Waals surface area contributed by atoms with Crippen molar-refractivity contribution in [3.8, 4) is 0 Å². The number of aromatic amines is 2. The van der Waals surface area contributed by atoms with Gasteiger partial charge in [-0.05, 0) is 61.8 Å². The Morgan fingerprint density at radius 1 is 0.561 bits per heavy atom. The van der Waals surface area contributed by atoms with Gasteiger partial charge < -0.3 is 90.1 Å². The summed E-state index contributed by atoms with van der Waals surface area (Å²) in [4.78, 5) is 156. The minimum atomic E-state index is -1.77. The van der Waals surface area contributed by atoms with Crippen LogP contribution in [0.5, 0.6) is 0 Å². The predicted octanol–water partition coefficient (Wildman–Crippen LogP) is -3.89. The monoisotopic (exact) mass is 1150 g/mol. The number of aliphatic carboxylic acids is 2. The number of imidazole rings is 1. The molecule has 82 heavy (non-hydrogen) atoms. The number of aromatic nitrogens is 3. The summed E-state index contributed by atoms with van der Waals surface area (Å²) in [5, 5.41) is 60.5. The number of nitrogens with one attached hydrogen (secondary N) is 10. The highest BCUT2D eigenvalue weighted by molar-refractivity contribution is 5.98. The summed E-state index contributed by atoms with van der Waals surface area (Å²) in [5.41, 5.74) is 18.9. The van der Waals surface area contributed by atoms with Crippen LogP contribution in [0.3, 0.4) is 0 Å². The summed E-state index contributed by atoms with van der Waals surface area (Å²) in [5.74, 6) is -12.1. The maximum Gasteiger partial charge on any atom is 0.326 e. The van der Waals surface area contributed by atoms with Crippen LogP contribution in [-0.2, 0) is 72.0 Å². The standard InChI is InChI=1S/C53H74N14O15/c1-28(2)44(67-49(77)38(22-31-24-57-27-59-31)63-47(75)36(16-18-43(71)72)60-45(73)33(55)15-17-42(56)70)52(80)61-35(14-8-9-19-54)46(74)65-40(25-68)50(78)62-37(20-29-10-4-3-5-11-29)48(76)66-41(26-69)51(79)64-39(53(81)82)21-30-23-58-34-13-7-6-12-32(30)34/h3-7,10-13,23-24,27-28,33,35-41,44,58,68-69H,8-9,14-22,25-26,54-55H2,1-2H3,(H2,56,70)(H,57,59)(H,60,73)(H,61,80)(H,62,78)(H,63,75)(H,64,79)(H,65,74)(H,66,76)(H,67,77)(H,71,72)(H,81,82)/t33-,35-,36-,37-,38-,39-,40-,41-,44-/m0/s1. The first kappa shape index (κ1) is 65.7. The number of unbranched alkanes of at least 4 members (excludes halogenated alkanes) is 1. The summed E-state index contributed by atoms with van der Waals surface area (Å²) in [7, 11) is 0. The van der Waals surface area contributed by atoms with Crippen molar-refractivity contribution in [2.75, 3.05) is 19.8 Å². The van der Waals surface area contributed by atoms with E-state index in [-0.39, 0.29) is 51.5 Å². The second kappa shape index (κ2) is 33.1. The molecule has 0 fully saturated rings. The lowest BCUT2D eigenvalue weighted by molar-refractivity contribution is -0.142. The van der Waals surface area contributed by atoms with E-state index in [1.807, 2.05) is 0 Å². The van der Waals surface area contributed by atoms with Crippen molar-refractivity contribution in [3.63, 3.8) is 0 Å². The first-order valence-electron chi connectivity index (χ1n) is 26.4. The third kappa shape index (κ3) is 21.0. The first-order chi connectivity index (χ1) is 39.0. The van der Waals surface area contributed by atoms with Crippen molar-refractivity contribution >= 4 is 76.0 Å². The minimum Gasteiger partial charge on any atom is -0.481 e. The molecule has 0 aliphatic heterocycles. The van der Waals surface area contributed by atoms with Crippen LogP contribution < -0.4 is 59.7 Å². The summed E-state index contributed by atoms with van der Waals surface area (Å²) >= 11 is 0. The van der Waals surface area contributed by atoms with Crippen LogP contribution >= 0.6 is 0 Å². The fraction of sp³-hybridized carbons (Fsp3) is 0.472. The Balaban J connectivity index is 1.51. The van der Waals surface area contributed by atoms with Gasteiger partial charge in [-0.15, -0.1) is 0 Å². The van der Waals surface area contributed by atoms with E-state index in [1.54, 1.807) is 74.6 Å². The molecule has 9 atom stereocenters. The van der Waals surface area contributed by atoms with Crippen molar-refractivity contribution in [1.29, 1.82) is 0 Å². The number of carboxylic acid groups (broad SMARTS) is 2. The van der Waals surface area contributed by atoms with E-state index in [4.69, 9.17) is 17.2 Å². The molecule has 0 radical (unpaired) electrons. The molecule has 0 saturated heterocycles. The average molecular weight is 1150 g/mol. The number of hydrogen-bond donors (Lipinski definition) is 17. The maximum atomic E-state index is 14.2. The number of nitrogens with two attached hydrogens (primary N) is 3. The molecule has 0 unspecified atom stereocenters. The minimum absolute atomic E-state index is 0.0738. The van der Waals surface area contributed by atoms with E-state index in [0.717, 1.165) is 10.9 Å². The van der Waals surface area contributed by atoms with Crippen LogP contribution in [0.1, 0.15) is 75.6 Å².